The normalized spacial score (nSPS) is 29.2. The summed E-state index contributed by atoms with van der Waals surface area (Å²) in [4.78, 5) is 15.6. The summed E-state index contributed by atoms with van der Waals surface area (Å²) >= 11 is 0. The van der Waals surface area contributed by atoms with Crippen LogP contribution in [0, 0.1) is 0 Å². The summed E-state index contributed by atoms with van der Waals surface area (Å²) in [6.45, 7) is 0.631. The minimum absolute atomic E-state index is 0.151. The second-order valence-electron chi connectivity index (χ2n) is 4.96. The molecule has 1 amide bonds. The molecule has 0 unspecified atom stereocenters. The molecule has 2 aliphatic rings. The minimum atomic E-state index is -0.487. The molecular weight excluding hydrogens is 230 g/mol. The molecule has 0 bridgehead atoms. The Hall–Kier alpha value is -1.75. The fraction of sp³-hybridized carbons (Fsp3) is 0.462. The van der Waals surface area contributed by atoms with Gasteiger partial charge in [-0.05, 0) is 18.1 Å². The first kappa shape index (κ1) is 11.3. The number of para-hydroxylation sites is 1. The maximum absolute atomic E-state index is 11.8. The van der Waals surface area contributed by atoms with E-state index in [2.05, 4.69) is 4.90 Å². The molecule has 0 aromatic heterocycles. The van der Waals surface area contributed by atoms with Crippen molar-refractivity contribution in [2.45, 2.75) is 18.1 Å². The van der Waals surface area contributed by atoms with Crippen LogP contribution in [0.15, 0.2) is 24.3 Å². The maximum atomic E-state index is 11.8. The average Bonchev–Trinajstić information content (AvgIpc) is 2.85. The number of nitrogens with two attached hydrogens (primary N) is 1. The van der Waals surface area contributed by atoms with E-state index in [1.54, 1.807) is 4.90 Å². The van der Waals surface area contributed by atoms with Crippen LogP contribution in [-0.4, -0.2) is 37.9 Å². The number of nitrogens with zero attached hydrogens (tertiary/aromatic N) is 2. The van der Waals surface area contributed by atoms with E-state index in [0.29, 0.717) is 6.54 Å². The number of likely N-dealkylation sites (tertiary alicyclic amines) is 1. The third-order valence-electron chi connectivity index (χ3n) is 4.08. The number of rotatable bonds is 0. The van der Waals surface area contributed by atoms with Gasteiger partial charge >= 0.3 is 6.09 Å². The number of hydrogen-bond acceptors (Lipinski definition) is 4. The minimum Gasteiger partial charge on any atom is -0.453 e. The number of fused-ring (bicyclic) bond motifs is 3. The van der Waals surface area contributed by atoms with Crippen LogP contribution in [0.5, 0.6) is 0 Å². The quantitative estimate of drug-likeness (QED) is 0.745. The van der Waals surface area contributed by atoms with Crippen molar-refractivity contribution >= 4 is 11.8 Å². The zero-order valence-electron chi connectivity index (χ0n) is 10.6. The van der Waals surface area contributed by atoms with E-state index in [4.69, 9.17) is 10.5 Å². The third kappa shape index (κ3) is 1.22. The molecule has 1 saturated heterocycles. The highest BCUT2D eigenvalue weighted by Crippen LogP contribution is 2.48. The fourth-order valence-electron chi connectivity index (χ4n) is 3.28. The summed E-state index contributed by atoms with van der Waals surface area (Å²) in [5.74, 6) is 0. The molecule has 2 atom stereocenters. The molecule has 2 N–H and O–H groups in total. The number of ether oxygens (including phenoxy) is 1. The summed E-state index contributed by atoms with van der Waals surface area (Å²) in [5, 5.41) is 0. The lowest BCUT2D eigenvalue weighted by molar-refractivity contribution is 0.113. The number of carbonyl (C=O) groups excluding carboxylic acids is 1. The number of benzene rings is 1. The Morgan fingerprint density at radius 3 is 2.94 bits per heavy atom. The van der Waals surface area contributed by atoms with Crippen LogP contribution in [-0.2, 0) is 10.3 Å². The van der Waals surface area contributed by atoms with Crippen LogP contribution in [0.4, 0.5) is 10.5 Å². The lowest BCUT2D eigenvalue weighted by atomic mass is 9.90. The second-order valence-corrected chi connectivity index (χ2v) is 4.96. The van der Waals surface area contributed by atoms with E-state index >= 15 is 0 Å². The molecule has 2 heterocycles. The first-order valence-corrected chi connectivity index (χ1v) is 6.05. The topological polar surface area (TPSA) is 58.8 Å². The zero-order valence-corrected chi connectivity index (χ0v) is 10.6. The van der Waals surface area contributed by atoms with Crippen molar-refractivity contribution in [1.82, 2.24) is 4.90 Å². The molecule has 0 aliphatic carbocycles. The highest BCUT2D eigenvalue weighted by Gasteiger charge is 2.55. The largest absolute Gasteiger partial charge is 0.453 e. The standard InChI is InChI=1S/C13H17N3O2/c1-15-10-6-4-3-5-9(10)13(14)7-8-16(11(13)15)12(17)18-2/h3-6,11H,7-8,14H2,1-2H3/t11-,13+/m1/s1. The number of amides is 1. The van der Waals surface area contributed by atoms with Gasteiger partial charge in [-0.3, -0.25) is 4.90 Å². The molecule has 18 heavy (non-hydrogen) atoms. The van der Waals surface area contributed by atoms with Crippen molar-refractivity contribution < 1.29 is 9.53 Å². The highest BCUT2D eigenvalue weighted by atomic mass is 16.5. The number of hydrogen-bond donors (Lipinski definition) is 1. The lowest BCUT2D eigenvalue weighted by Crippen LogP contribution is -2.54. The Bertz CT molecular complexity index is 505. The van der Waals surface area contributed by atoms with Crippen molar-refractivity contribution in [2.24, 2.45) is 5.73 Å². The van der Waals surface area contributed by atoms with Crippen molar-refractivity contribution in [3.8, 4) is 0 Å². The Balaban J connectivity index is 2.07. The Labute approximate surface area is 106 Å². The smallest absolute Gasteiger partial charge is 0.411 e. The van der Waals surface area contributed by atoms with Gasteiger partial charge in [-0.1, -0.05) is 18.2 Å². The van der Waals surface area contributed by atoms with E-state index in [9.17, 15) is 4.79 Å². The molecule has 5 heteroatoms. The maximum Gasteiger partial charge on any atom is 0.411 e. The van der Waals surface area contributed by atoms with Gasteiger partial charge in [-0.15, -0.1) is 0 Å². The molecular formula is C13H17N3O2. The molecule has 96 valence electrons. The monoisotopic (exact) mass is 247 g/mol. The summed E-state index contributed by atoms with van der Waals surface area (Å²) in [7, 11) is 3.38. The van der Waals surface area contributed by atoms with Gasteiger partial charge in [0.2, 0.25) is 0 Å². The first-order valence-electron chi connectivity index (χ1n) is 6.05. The van der Waals surface area contributed by atoms with Gasteiger partial charge in [0, 0.05) is 19.3 Å². The predicted octanol–water partition coefficient (Wildman–Crippen LogP) is 1.09. The Morgan fingerprint density at radius 1 is 1.50 bits per heavy atom. The molecule has 3 rings (SSSR count). The molecule has 0 spiro atoms. The van der Waals surface area contributed by atoms with E-state index in [0.717, 1.165) is 17.7 Å². The van der Waals surface area contributed by atoms with Crippen LogP contribution < -0.4 is 10.6 Å². The van der Waals surface area contributed by atoms with Crippen LogP contribution in [0.25, 0.3) is 0 Å². The molecule has 0 radical (unpaired) electrons. The second kappa shape index (κ2) is 3.62. The van der Waals surface area contributed by atoms with Crippen molar-refractivity contribution in [3.63, 3.8) is 0 Å². The van der Waals surface area contributed by atoms with Gasteiger partial charge in [0.25, 0.3) is 0 Å². The molecule has 5 nitrogen and oxygen atoms in total. The first-order chi connectivity index (χ1) is 8.59. The molecule has 0 saturated carbocycles. The van der Waals surface area contributed by atoms with Crippen LogP contribution in [0.3, 0.4) is 0 Å². The molecule has 1 aromatic rings. The summed E-state index contributed by atoms with van der Waals surface area (Å²) in [6.07, 6.45) is 0.294. The molecule has 1 fully saturated rings. The summed E-state index contributed by atoms with van der Waals surface area (Å²) < 4.78 is 4.84. The number of methoxy groups -OCH3 is 1. The van der Waals surface area contributed by atoms with Gasteiger partial charge < -0.3 is 15.4 Å². The summed E-state index contributed by atoms with van der Waals surface area (Å²) in [6, 6.07) is 8.07. The lowest BCUT2D eigenvalue weighted by Gasteiger charge is -2.33. The molecule has 2 aliphatic heterocycles. The Kier molecular flexibility index (Phi) is 2.28. The van der Waals surface area contributed by atoms with Crippen molar-refractivity contribution in [3.05, 3.63) is 29.8 Å². The van der Waals surface area contributed by atoms with Gasteiger partial charge in [0.1, 0.15) is 6.17 Å². The fourth-order valence-corrected chi connectivity index (χ4v) is 3.28. The zero-order chi connectivity index (χ0) is 12.9. The Morgan fingerprint density at radius 2 is 2.22 bits per heavy atom. The van der Waals surface area contributed by atoms with Gasteiger partial charge in [0.15, 0.2) is 0 Å². The van der Waals surface area contributed by atoms with Crippen molar-refractivity contribution in [1.29, 1.82) is 0 Å². The third-order valence-corrected chi connectivity index (χ3v) is 4.08. The van der Waals surface area contributed by atoms with E-state index in [1.807, 2.05) is 31.3 Å². The highest BCUT2D eigenvalue weighted by molar-refractivity contribution is 5.73. The number of likely N-dealkylation sites (N-methyl/N-ethyl adjacent to an activating group) is 1. The summed E-state index contributed by atoms with van der Waals surface area (Å²) in [5.41, 5.74) is 8.28. The van der Waals surface area contributed by atoms with Gasteiger partial charge in [0.05, 0.1) is 12.6 Å². The van der Waals surface area contributed by atoms with Crippen LogP contribution in [0.1, 0.15) is 12.0 Å². The van der Waals surface area contributed by atoms with E-state index in [1.165, 1.54) is 7.11 Å². The van der Waals surface area contributed by atoms with Crippen LogP contribution >= 0.6 is 0 Å². The van der Waals surface area contributed by atoms with E-state index < -0.39 is 5.54 Å². The van der Waals surface area contributed by atoms with Crippen molar-refractivity contribution in [2.75, 3.05) is 25.6 Å². The van der Waals surface area contributed by atoms with Gasteiger partial charge in [-0.25, -0.2) is 4.79 Å². The average molecular weight is 247 g/mol. The van der Waals surface area contributed by atoms with E-state index in [-0.39, 0.29) is 12.3 Å². The SMILES string of the molecule is COC(=O)N1CC[C@]2(N)c3ccccc3N(C)[C@H]12. The van der Waals surface area contributed by atoms with Crippen LogP contribution in [0.2, 0.25) is 0 Å². The molecule has 1 aromatic carbocycles. The van der Waals surface area contributed by atoms with Gasteiger partial charge in [-0.2, -0.15) is 0 Å². The number of carbonyl (C=O) groups is 1. The number of anilines is 1. The predicted molar refractivity (Wildman–Crippen MR) is 68.2 cm³/mol.